The van der Waals surface area contributed by atoms with Gasteiger partial charge in [0.1, 0.15) is 11.5 Å². The van der Waals surface area contributed by atoms with Crippen molar-refractivity contribution in [1.82, 2.24) is 15.0 Å². The highest BCUT2D eigenvalue weighted by molar-refractivity contribution is 5.70. The van der Waals surface area contributed by atoms with E-state index in [1.165, 1.54) is 6.07 Å². The first-order valence-corrected chi connectivity index (χ1v) is 4.82. The van der Waals surface area contributed by atoms with Gasteiger partial charge >= 0.3 is 6.18 Å². The summed E-state index contributed by atoms with van der Waals surface area (Å²) in [5.74, 6) is 0.769. The molecule has 0 aromatic carbocycles. The topological polar surface area (TPSA) is 41.6 Å². The molecular weight excluding hydrogens is 219 g/mol. The number of H-pyrrole nitrogens is 1. The summed E-state index contributed by atoms with van der Waals surface area (Å²) in [5, 5.41) is 0. The third-order valence-corrected chi connectivity index (χ3v) is 2.20. The van der Waals surface area contributed by atoms with Gasteiger partial charge in [0, 0.05) is 5.92 Å². The van der Waals surface area contributed by atoms with Crippen LogP contribution in [0.4, 0.5) is 13.2 Å². The minimum absolute atomic E-state index is 0.110. The zero-order chi connectivity index (χ0) is 11.9. The first-order valence-electron chi connectivity index (χ1n) is 4.82. The number of rotatable bonds is 1. The van der Waals surface area contributed by atoms with Crippen LogP contribution in [0.5, 0.6) is 0 Å². The second-order valence-corrected chi connectivity index (χ2v) is 3.84. The summed E-state index contributed by atoms with van der Waals surface area (Å²) in [4.78, 5) is 10.4. The van der Waals surface area contributed by atoms with Crippen molar-refractivity contribution < 1.29 is 13.2 Å². The Labute approximate surface area is 89.7 Å². The van der Waals surface area contributed by atoms with E-state index < -0.39 is 11.9 Å². The average molecular weight is 229 g/mol. The number of halogens is 3. The maximum absolute atomic E-state index is 12.4. The highest BCUT2D eigenvalue weighted by Gasteiger charge is 2.32. The molecule has 6 heteroatoms. The predicted molar refractivity (Wildman–Crippen MR) is 53.0 cm³/mol. The van der Waals surface area contributed by atoms with Gasteiger partial charge in [0.25, 0.3) is 0 Å². The lowest BCUT2D eigenvalue weighted by atomic mass is 10.2. The number of pyridine rings is 1. The summed E-state index contributed by atoms with van der Waals surface area (Å²) in [6.45, 7) is 3.81. The fraction of sp³-hybridized carbons (Fsp3) is 0.400. The first-order chi connectivity index (χ1) is 7.38. The van der Waals surface area contributed by atoms with Crippen LogP contribution in [0, 0.1) is 0 Å². The number of nitrogens with zero attached hydrogens (tertiary/aromatic N) is 2. The van der Waals surface area contributed by atoms with Gasteiger partial charge in [-0.15, -0.1) is 0 Å². The Bertz CT molecular complexity index is 513. The number of aromatic nitrogens is 3. The molecule has 0 aliphatic carbocycles. The van der Waals surface area contributed by atoms with Crippen LogP contribution < -0.4 is 0 Å². The molecule has 0 atom stereocenters. The van der Waals surface area contributed by atoms with Gasteiger partial charge in [-0.25, -0.2) is 9.97 Å². The van der Waals surface area contributed by atoms with Crippen molar-refractivity contribution in [1.29, 1.82) is 0 Å². The summed E-state index contributed by atoms with van der Waals surface area (Å²) in [5.41, 5.74) is -0.281. The summed E-state index contributed by atoms with van der Waals surface area (Å²) in [6.07, 6.45) is -4.43. The van der Waals surface area contributed by atoms with Gasteiger partial charge in [0.2, 0.25) is 0 Å². The Morgan fingerprint density at radius 1 is 1.19 bits per heavy atom. The second kappa shape index (κ2) is 3.47. The van der Waals surface area contributed by atoms with Gasteiger partial charge in [-0.3, -0.25) is 0 Å². The maximum atomic E-state index is 12.4. The van der Waals surface area contributed by atoms with Crippen molar-refractivity contribution in [2.45, 2.75) is 25.9 Å². The molecule has 2 aromatic heterocycles. The Kier molecular flexibility index (Phi) is 2.36. The van der Waals surface area contributed by atoms with Gasteiger partial charge in [-0.1, -0.05) is 13.8 Å². The van der Waals surface area contributed by atoms with E-state index in [0.29, 0.717) is 11.3 Å². The number of hydrogen-bond acceptors (Lipinski definition) is 2. The zero-order valence-electron chi connectivity index (χ0n) is 8.76. The number of imidazole rings is 1. The fourth-order valence-electron chi connectivity index (χ4n) is 1.34. The van der Waals surface area contributed by atoms with Crippen molar-refractivity contribution in [3.8, 4) is 0 Å². The maximum Gasteiger partial charge on any atom is 0.433 e. The fourth-order valence-corrected chi connectivity index (χ4v) is 1.34. The van der Waals surface area contributed by atoms with Crippen LogP contribution in [-0.2, 0) is 6.18 Å². The van der Waals surface area contributed by atoms with E-state index in [0.717, 1.165) is 6.07 Å². The lowest BCUT2D eigenvalue weighted by Crippen LogP contribution is -2.07. The third-order valence-electron chi connectivity index (χ3n) is 2.20. The van der Waals surface area contributed by atoms with Gasteiger partial charge in [0.15, 0.2) is 5.65 Å². The van der Waals surface area contributed by atoms with Crippen LogP contribution in [0.25, 0.3) is 11.2 Å². The van der Waals surface area contributed by atoms with E-state index in [1.54, 1.807) is 0 Å². The molecule has 0 spiro atoms. The summed E-state index contributed by atoms with van der Waals surface area (Å²) >= 11 is 0. The zero-order valence-corrected chi connectivity index (χ0v) is 8.76. The Hall–Kier alpha value is -1.59. The minimum Gasteiger partial charge on any atom is -0.340 e. The third kappa shape index (κ3) is 1.87. The van der Waals surface area contributed by atoms with Crippen molar-refractivity contribution in [3.63, 3.8) is 0 Å². The number of nitrogens with one attached hydrogen (secondary N) is 1. The van der Waals surface area contributed by atoms with E-state index in [2.05, 4.69) is 15.0 Å². The van der Waals surface area contributed by atoms with E-state index in [9.17, 15) is 13.2 Å². The van der Waals surface area contributed by atoms with Gasteiger partial charge in [-0.2, -0.15) is 13.2 Å². The molecule has 3 nitrogen and oxygen atoms in total. The van der Waals surface area contributed by atoms with Crippen LogP contribution in [0.15, 0.2) is 12.1 Å². The lowest BCUT2D eigenvalue weighted by molar-refractivity contribution is -0.141. The number of fused-ring (bicyclic) bond motifs is 1. The SMILES string of the molecule is CC(C)c1nc2nc(C(F)(F)F)ccc2[nH]1. The molecule has 0 amide bonds. The molecule has 0 aliphatic rings. The van der Waals surface area contributed by atoms with Crippen molar-refractivity contribution in [2.24, 2.45) is 0 Å². The van der Waals surface area contributed by atoms with Crippen LogP contribution in [0.1, 0.15) is 31.3 Å². The molecule has 2 rings (SSSR count). The molecule has 0 radical (unpaired) electrons. The molecule has 0 unspecified atom stereocenters. The predicted octanol–water partition coefficient (Wildman–Crippen LogP) is 3.10. The molecule has 0 bridgehead atoms. The highest BCUT2D eigenvalue weighted by atomic mass is 19.4. The van der Waals surface area contributed by atoms with Crippen molar-refractivity contribution >= 4 is 11.2 Å². The van der Waals surface area contributed by atoms with Gasteiger partial charge < -0.3 is 4.98 Å². The quantitative estimate of drug-likeness (QED) is 0.816. The first kappa shape index (κ1) is 10.9. The highest BCUT2D eigenvalue weighted by Crippen LogP contribution is 2.28. The molecule has 86 valence electrons. The molecule has 0 saturated heterocycles. The van der Waals surface area contributed by atoms with Gasteiger partial charge in [-0.05, 0) is 12.1 Å². The molecule has 16 heavy (non-hydrogen) atoms. The normalized spacial score (nSPS) is 12.6. The van der Waals surface area contributed by atoms with E-state index in [1.807, 2.05) is 13.8 Å². The summed E-state index contributed by atoms with van der Waals surface area (Å²) in [7, 11) is 0. The summed E-state index contributed by atoms with van der Waals surface area (Å²) in [6, 6.07) is 2.30. The molecule has 0 fully saturated rings. The number of hydrogen-bond donors (Lipinski definition) is 1. The Morgan fingerprint density at radius 3 is 2.44 bits per heavy atom. The monoisotopic (exact) mass is 229 g/mol. The molecular formula is C10H10F3N3. The van der Waals surface area contributed by atoms with Crippen LogP contribution >= 0.6 is 0 Å². The van der Waals surface area contributed by atoms with Crippen LogP contribution in [-0.4, -0.2) is 15.0 Å². The van der Waals surface area contributed by atoms with Crippen LogP contribution in [0.3, 0.4) is 0 Å². The van der Waals surface area contributed by atoms with E-state index in [-0.39, 0.29) is 11.6 Å². The largest absolute Gasteiger partial charge is 0.433 e. The number of alkyl halides is 3. The van der Waals surface area contributed by atoms with Crippen molar-refractivity contribution in [2.75, 3.05) is 0 Å². The van der Waals surface area contributed by atoms with Crippen molar-refractivity contribution in [3.05, 3.63) is 23.7 Å². The summed E-state index contributed by atoms with van der Waals surface area (Å²) < 4.78 is 37.1. The van der Waals surface area contributed by atoms with Gasteiger partial charge in [0.05, 0.1) is 5.52 Å². The molecule has 0 saturated carbocycles. The van der Waals surface area contributed by atoms with E-state index in [4.69, 9.17) is 0 Å². The smallest absolute Gasteiger partial charge is 0.340 e. The van der Waals surface area contributed by atoms with Crippen LogP contribution in [0.2, 0.25) is 0 Å². The van der Waals surface area contributed by atoms with E-state index >= 15 is 0 Å². The average Bonchev–Trinajstić information content (AvgIpc) is 2.58. The lowest BCUT2D eigenvalue weighted by Gasteiger charge is -2.03. The number of aromatic amines is 1. The Balaban J connectivity index is 2.54. The molecule has 2 heterocycles. The molecule has 0 aliphatic heterocycles. The molecule has 2 aromatic rings. The molecule has 1 N–H and O–H groups in total. The standard InChI is InChI=1S/C10H10F3N3/c1-5(2)8-14-6-3-4-7(10(11,12)13)15-9(6)16-8/h3-5H,1-2H3,(H,14,15,16). The minimum atomic E-state index is -4.43. The second-order valence-electron chi connectivity index (χ2n) is 3.84. The Morgan fingerprint density at radius 2 is 1.88 bits per heavy atom.